The van der Waals surface area contributed by atoms with Crippen LogP contribution in [-0.4, -0.2) is 11.5 Å². The second-order valence-corrected chi connectivity index (χ2v) is 4.35. The summed E-state index contributed by atoms with van der Waals surface area (Å²) in [5, 5.41) is 0.591. The molecule has 0 N–H and O–H groups in total. The zero-order valence-electron chi connectivity index (χ0n) is 9.56. The Morgan fingerprint density at radius 1 is 1.18 bits per heavy atom. The number of rotatable bonds is 1. The summed E-state index contributed by atoms with van der Waals surface area (Å²) in [4.78, 5) is 6.57. The van der Waals surface area contributed by atoms with E-state index in [9.17, 15) is 4.39 Å². The number of fused-ring (bicyclic) bond motifs is 1. The highest BCUT2D eigenvalue weighted by atomic mass is 19.1. The Bertz CT molecular complexity index is 533. The fraction of sp³-hybridized carbons (Fsp3) is 0.286. The van der Waals surface area contributed by atoms with Crippen LogP contribution in [0.5, 0.6) is 0 Å². The van der Waals surface area contributed by atoms with Crippen molar-refractivity contribution in [3.63, 3.8) is 0 Å². The smallest absolute Gasteiger partial charge is 0.136 e. The van der Waals surface area contributed by atoms with E-state index in [1.54, 1.807) is 6.07 Å². The van der Waals surface area contributed by atoms with Gasteiger partial charge in [-0.05, 0) is 31.4 Å². The Hall–Kier alpha value is -1.64. The predicted octanol–water partition coefficient (Wildman–Crippen LogP) is 3.53. The molecular weight excluding hydrogens is 215 g/mol. The van der Waals surface area contributed by atoms with Crippen molar-refractivity contribution in [2.75, 3.05) is 11.4 Å². The van der Waals surface area contributed by atoms with Gasteiger partial charge in [-0.25, -0.2) is 9.37 Å². The van der Waals surface area contributed by atoms with Gasteiger partial charge in [0.2, 0.25) is 0 Å². The van der Waals surface area contributed by atoms with Crippen molar-refractivity contribution in [3.8, 4) is 0 Å². The molecule has 1 aromatic heterocycles. The summed E-state index contributed by atoms with van der Waals surface area (Å²) in [5.74, 6) is 0.533. The number of hydrogen-bond acceptors (Lipinski definition) is 2. The zero-order chi connectivity index (χ0) is 11.7. The molecule has 1 aromatic carbocycles. The van der Waals surface area contributed by atoms with Gasteiger partial charge >= 0.3 is 0 Å². The Morgan fingerprint density at radius 3 is 2.88 bits per heavy atom. The SMILES string of the molecule is Fc1cc(N2[CH]CCCC2)nc2ccccc12. The summed E-state index contributed by atoms with van der Waals surface area (Å²) in [7, 11) is 0. The molecule has 1 saturated heterocycles. The van der Waals surface area contributed by atoms with Crippen molar-refractivity contribution in [1.82, 2.24) is 4.98 Å². The lowest BCUT2D eigenvalue weighted by Gasteiger charge is -2.27. The first-order valence-corrected chi connectivity index (χ1v) is 6.00. The molecule has 2 heterocycles. The van der Waals surface area contributed by atoms with Crippen LogP contribution in [0.4, 0.5) is 10.2 Å². The molecule has 0 bridgehead atoms. The fourth-order valence-electron chi connectivity index (χ4n) is 2.24. The van der Waals surface area contributed by atoms with Crippen molar-refractivity contribution in [3.05, 3.63) is 42.7 Å². The molecule has 1 aliphatic rings. The lowest BCUT2D eigenvalue weighted by atomic mass is 10.1. The number of benzene rings is 1. The van der Waals surface area contributed by atoms with E-state index >= 15 is 0 Å². The van der Waals surface area contributed by atoms with Crippen LogP contribution in [0.15, 0.2) is 30.3 Å². The first kappa shape index (κ1) is 10.5. The maximum absolute atomic E-state index is 13.9. The molecule has 2 nitrogen and oxygen atoms in total. The first-order valence-electron chi connectivity index (χ1n) is 6.00. The van der Waals surface area contributed by atoms with Gasteiger partial charge in [0, 0.05) is 18.0 Å². The highest BCUT2D eigenvalue weighted by Gasteiger charge is 2.14. The largest absolute Gasteiger partial charge is 0.351 e. The van der Waals surface area contributed by atoms with Crippen LogP contribution in [-0.2, 0) is 0 Å². The molecule has 0 atom stereocenters. The fourth-order valence-corrected chi connectivity index (χ4v) is 2.24. The Morgan fingerprint density at radius 2 is 2.06 bits per heavy atom. The van der Waals surface area contributed by atoms with Gasteiger partial charge in [-0.2, -0.15) is 0 Å². The van der Waals surface area contributed by atoms with Crippen molar-refractivity contribution in [2.24, 2.45) is 0 Å². The van der Waals surface area contributed by atoms with Crippen molar-refractivity contribution in [2.45, 2.75) is 19.3 Å². The number of anilines is 1. The molecule has 0 spiro atoms. The molecule has 2 aromatic rings. The third-order valence-corrected chi connectivity index (χ3v) is 3.15. The van der Waals surface area contributed by atoms with Gasteiger partial charge in [0.1, 0.15) is 11.6 Å². The Labute approximate surface area is 100 Å². The minimum absolute atomic E-state index is 0.190. The van der Waals surface area contributed by atoms with Gasteiger partial charge in [-0.3, -0.25) is 0 Å². The molecular formula is C14H14FN2. The second-order valence-electron chi connectivity index (χ2n) is 4.35. The van der Waals surface area contributed by atoms with Crippen LogP contribution in [0, 0.1) is 12.4 Å². The van der Waals surface area contributed by atoms with Crippen molar-refractivity contribution < 1.29 is 4.39 Å². The van der Waals surface area contributed by atoms with Crippen LogP contribution in [0.3, 0.4) is 0 Å². The standard InChI is InChI=1S/C14H14FN2/c15-12-10-14(17-8-4-1-5-9-17)16-13-7-3-2-6-11(12)13/h2-3,6-8,10H,1,4-5,9H2. The number of pyridine rings is 1. The average Bonchev–Trinajstić information content (AvgIpc) is 2.40. The molecule has 3 heteroatoms. The quantitative estimate of drug-likeness (QED) is 0.743. The van der Waals surface area contributed by atoms with E-state index in [0.29, 0.717) is 5.39 Å². The van der Waals surface area contributed by atoms with Crippen LogP contribution in [0.1, 0.15) is 19.3 Å². The number of hydrogen-bond donors (Lipinski definition) is 0. The van der Waals surface area contributed by atoms with Gasteiger partial charge in [-0.15, -0.1) is 0 Å². The molecule has 17 heavy (non-hydrogen) atoms. The number of aromatic nitrogens is 1. The number of nitrogens with zero attached hydrogens (tertiary/aromatic N) is 2. The number of halogens is 1. The predicted molar refractivity (Wildman–Crippen MR) is 67.2 cm³/mol. The summed E-state index contributed by atoms with van der Waals surface area (Å²) >= 11 is 0. The van der Waals surface area contributed by atoms with Crippen molar-refractivity contribution in [1.29, 1.82) is 0 Å². The minimum Gasteiger partial charge on any atom is -0.351 e. The summed E-state index contributed by atoms with van der Waals surface area (Å²) in [6.45, 7) is 3.05. The molecule has 0 amide bonds. The molecule has 1 aliphatic heterocycles. The second kappa shape index (κ2) is 4.32. The van der Waals surface area contributed by atoms with E-state index in [0.717, 1.165) is 30.7 Å². The van der Waals surface area contributed by atoms with Crippen LogP contribution >= 0.6 is 0 Å². The lowest BCUT2D eigenvalue weighted by molar-refractivity contribution is 0.618. The summed E-state index contributed by atoms with van der Waals surface area (Å²) in [6.07, 6.45) is 3.41. The number of piperidine rings is 1. The normalized spacial score (nSPS) is 16.4. The highest BCUT2D eigenvalue weighted by Crippen LogP contribution is 2.25. The summed E-state index contributed by atoms with van der Waals surface area (Å²) < 4.78 is 13.9. The maximum atomic E-state index is 13.9. The van der Waals surface area contributed by atoms with Crippen LogP contribution < -0.4 is 4.90 Å². The zero-order valence-corrected chi connectivity index (χ0v) is 9.56. The van der Waals surface area contributed by atoms with E-state index < -0.39 is 0 Å². The molecule has 87 valence electrons. The highest BCUT2D eigenvalue weighted by molar-refractivity contribution is 5.81. The average molecular weight is 229 g/mol. The van der Waals surface area contributed by atoms with Crippen molar-refractivity contribution >= 4 is 16.7 Å². The van der Waals surface area contributed by atoms with Gasteiger partial charge in [0.15, 0.2) is 0 Å². The lowest BCUT2D eigenvalue weighted by Crippen LogP contribution is -2.26. The third kappa shape index (κ3) is 1.97. The monoisotopic (exact) mass is 229 g/mol. The molecule has 0 unspecified atom stereocenters. The number of para-hydroxylation sites is 1. The Kier molecular flexibility index (Phi) is 2.67. The maximum Gasteiger partial charge on any atom is 0.136 e. The third-order valence-electron chi connectivity index (χ3n) is 3.15. The van der Waals surface area contributed by atoms with E-state index in [1.807, 2.05) is 18.2 Å². The molecule has 0 aliphatic carbocycles. The van der Waals surface area contributed by atoms with Gasteiger partial charge in [0.25, 0.3) is 0 Å². The van der Waals surface area contributed by atoms with E-state index in [2.05, 4.69) is 16.4 Å². The summed E-state index contributed by atoms with van der Waals surface area (Å²) in [5.41, 5.74) is 0.724. The molecule has 0 saturated carbocycles. The topological polar surface area (TPSA) is 16.1 Å². The molecule has 1 radical (unpaired) electrons. The van der Waals surface area contributed by atoms with E-state index in [1.165, 1.54) is 12.5 Å². The van der Waals surface area contributed by atoms with Crippen LogP contribution in [0.2, 0.25) is 0 Å². The summed E-state index contributed by atoms with van der Waals surface area (Å²) in [6, 6.07) is 8.87. The van der Waals surface area contributed by atoms with E-state index in [4.69, 9.17) is 0 Å². The van der Waals surface area contributed by atoms with Gasteiger partial charge < -0.3 is 4.90 Å². The molecule has 1 fully saturated rings. The van der Waals surface area contributed by atoms with Crippen LogP contribution in [0.25, 0.3) is 10.9 Å². The van der Waals surface area contributed by atoms with E-state index in [-0.39, 0.29) is 5.82 Å². The Balaban J connectivity index is 2.05. The van der Waals surface area contributed by atoms with Gasteiger partial charge in [0.05, 0.1) is 12.1 Å². The minimum atomic E-state index is -0.190. The van der Waals surface area contributed by atoms with Gasteiger partial charge in [-0.1, -0.05) is 12.1 Å². The first-order chi connectivity index (χ1) is 8.34. The molecule has 3 rings (SSSR count).